The zero-order valence-corrected chi connectivity index (χ0v) is 12.8. The Morgan fingerprint density at radius 2 is 1.95 bits per heavy atom. The van der Waals surface area contributed by atoms with Crippen LogP contribution in [0, 0.1) is 13.8 Å². The third kappa shape index (κ3) is 2.24. The molecule has 0 unspecified atom stereocenters. The standard InChI is InChI=1S/C17H17N3O2/c1-4-22-17(21)15-11(2)19-16-14(10-18-20(16)12(15)3)13-8-6-5-7-9-13/h5-10H,4H2,1-3H3. The Morgan fingerprint density at radius 1 is 1.23 bits per heavy atom. The number of carbonyl (C=O) groups excluding carboxylic acids is 1. The number of aryl methyl sites for hydroxylation is 2. The maximum absolute atomic E-state index is 12.1. The number of nitrogens with zero attached hydrogens (tertiary/aromatic N) is 3. The molecule has 3 aromatic rings. The summed E-state index contributed by atoms with van der Waals surface area (Å²) in [6, 6.07) is 9.96. The van der Waals surface area contributed by atoms with Gasteiger partial charge in [0.15, 0.2) is 5.65 Å². The third-order valence-electron chi connectivity index (χ3n) is 3.62. The van der Waals surface area contributed by atoms with Gasteiger partial charge in [-0.15, -0.1) is 0 Å². The third-order valence-corrected chi connectivity index (χ3v) is 3.62. The lowest BCUT2D eigenvalue weighted by atomic mass is 10.1. The predicted molar refractivity (Wildman–Crippen MR) is 83.9 cm³/mol. The zero-order valence-electron chi connectivity index (χ0n) is 12.8. The molecule has 2 aromatic heterocycles. The van der Waals surface area contributed by atoms with Crippen molar-refractivity contribution in [2.45, 2.75) is 20.8 Å². The highest BCUT2D eigenvalue weighted by atomic mass is 16.5. The van der Waals surface area contributed by atoms with E-state index in [1.54, 1.807) is 17.6 Å². The number of esters is 1. The lowest BCUT2D eigenvalue weighted by Gasteiger charge is -2.10. The molecule has 0 fully saturated rings. The van der Waals surface area contributed by atoms with Crippen molar-refractivity contribution in [3.63, 3.8) is 0 Å². The second kappa shape index (κ2) is 5.60. The minimum Gasteiger partial charge on any atom is -0.462 e. The van der Waals surface area contributed by atoms with Gasteiger partial charge < -0.3 is 4.74 Å². The van der Waals surface area contributed by atoms with Crippen molar-refractivity contribution in [3.05, 3.63) is 53.5 Å². The van der Waals surface area contributed by atoms with Gasteiger partial charge in [0, 0.05) is 5.56 Å². The maximum Gasteiger partial charge on any atom is 0.341 e. The Morgan fingerprint density at radius 3 is 2.64 bits per heavy atom. The number of hydrogen-bond acceptors (Lipinski definition) is 4. The van der Waals surface area contributed by atoms with Crippen LogP contribution in [0.3, 0.4) is 0 Å². The highest BCUT2D eigenvalue weighted by Crippen LogP contribution is 2.25. The summed E-state index contributed by atoms with van der Waals surface area (Å²) in [5.41, 5.74) is 4.62. The minimum absolute atomic E-state index is 0.337. The highest BCUT2D eigenvalue weighted by Gasteiger charge is 2.20. The lowest BCUT2D eigenvalue weighted by Crippen LogP contribution is -2.14. The van der Waals surface area contributed by atoms with E-state index in [9.17, 15) is 4.79 Å². The number of fused-ring (bicyclic) bond motifs is 1. The Balaban J connectivity index is 2.21. The topological polar surface area (TPSA) is 56.5 Å². The largest absolute Gasteiger partial charge is 0.462 e. The van der Waals surface area contributed by atoms with E-state index in [2.05, 4.69) is 10.1 Å². The quantitative estimate of drug-likeness (QED) is 0.696. The Kier molecular flexibility index (Phi) is 3.63. The van der Waals surface area contributed by atoms with Crippen molar-refractivity contribution < 1.29 is 9.53 Å². The average molecular weight is 295 g/mol. The molecule has 0 spiro atoms. The van der Waals surface area contributed by atoms with Crippen molar-refractivity contribution in [2.75, 3.05) is 6.61 Å². The van der Waals surface area contributed by atoms with Gasteiger partial charge in [0.05, 0.1) is 24.2 Å². The lowest BCUT2D eigenvalue weighted by molar-refractivity contribution is 0.0523. The van der Waals surface area contributed by atoms with Crippen LogP contribution in [0.25, 0.3) is 16.8 Å². The summed E-state index contributed by atoms with van der Waals surface area (Å²) in [6.07, 6.45) is 1.78. The fourth-order valence-electron chi connectivity index (χ4n) is 2.60. The van der Waals surface area contributed by atoms with E-state index < -0.39 is 0 Å². The summed E-state index contributed by atoms with van der Waals surface area (Å²) < 4.78 is 6.81. The van der Waals surface area contributed by atoms with Crippen molar-refractivity contribution in [3.8, 4) is 11.1 Å². The van der Waals surface area contributed by atoms with E-state index in [0.717, 1.165) is 22.5 Å². The van der Waals surface area contributed by atoms with Crippen LogP contribution in [0.1, 0.15) is 28.7 Å². The molecular weight excluding hydrogens is 278 g/mol. The predicted octanol–water partition coefficient (Wildman–Crippen LogP) is 3.19. The molecule has 0 amide bonds. The average Bonchev–Trinajstić information content (AvgIpc) is 2.92. The molecule has 0 N–H and O–H groups in total. The number of aromatic nitrogens is 3. The Labute approximate surface area is 128 Å². The van der Waals surface area contributed by atoms with Crippen LogP contribution in [0.2, 0.25) is 0 Å². The molecule has 0 aliphatic carbocycles. The van der Waals surface area contributed by atoms with Gasteiger partial charge in [-0.25, -0.2) is 14.3 Å². The van der Waals surface area contributed by atoms with E-state index in [0.29, 0.717) is 17.9 Å². The van der Waals surface area contributed by atoms with Crippen LogP contribution in [0.15, 0.2) is 36.5 Å². The summed E-state index contributed by atoms with van der Waals surface area (Å²) in [7, 11) is 0. The number of benzene rings is 1. The molecule has 0 aliphatic rings. The first kappa shape index (κ1) is 14.3. The van der Waals surface area contributed by atoms with E-state index in [1.165, 1.54) is 0 Å². The molecule has 0 saturated heterocycles. The van der Waals surface area contributed by atoms with E-state index in [1.807, 2.05) is 44.2 Å². The van der Waals surface area contributed by atoms with Crippen LogP contribution in [-0.2, 0) is 4.74 Å². The van der Waals surface area contributed by atoms with Crippen molar-refractivity contribution in [1.29, 1.82) is 0 Å². The summed E-state index contributed by atoms with van der Waals surface area (Å²) in [6.45, 7) is 5.80. The van der Waals surface area contributed by atoms with Crippen LogP contribution in [0.5, 0.6) is 0 Å². The van der Waals surface area contributed by atoms with Crippen LogP contribution in [0.4, 0.5) is 0 Å². The van der Waals surface area contributed by atoms with Crippen molar-refractivity contribution in [2.24, 2.45) is 0 Å². The normalized spacial score (nSPS) is 10.9. The first-order valence-corrected chi connectivity index (χ1v) is 7.21. The van der Waals surface area contributed by atoms with Crippen molar-refractivity contribution in [1.82, 2.24) is 14.6 Å². The molecule has 0 aliphatic heterocycles. The molecule has 1 aromatic carbocycles. The second-order valence-electron chi connectivity index (χ2n) is 5.04. The fourth-order valence-corrected chi connectivity index (χ4v) is 2.60. The monoisotopic (exact) mass is 295 g/mol. The van der Waals surface area contributed by atoms with Crippen LogP contribution >= 0.6 is 0 Å². The SMILES string of the molecule is CCOC(=O)c1c(C)nc2c(-c3ccccc3)cnn2c1C. The summed E-state index contributed by atoms with van der Waals surface area (Å²) in [5.74, 6) is -0.358. The molecule has 0 bridgehead atoms. The smallest absolute Gasteiger partial charge is 0.341 e. The van der Waals surface area contributed by atoms with E-state index in [-0.39, 0.29) is 5.97 Å². The fraction of sp³-hybridized carbons (Fsp3) is 0.235. The number of carbonyl (C=O) groups is 1. The zero-order chi connectivity index (χ0) is 15.7. The first-order chi connectivity index (χ1) is 10.6. The minimum atomic E-state index is -0.358. The van der Waals surface area contributed by atoms with Crippen LogP contribution in [-0.4, -0.2) is 27.2 Å². The molecule has 3 rings (SSSR count). The molecule has 22 heavy (non-hydrogen) atoms. The van der Waals surface area contributed by atoms with Gasteiger partial charge in [0.1, 0.15) is 5.56 Å². The summed E-state index contributed by atoms with van der Waals surface area (Å²) >= 11 is 0. The van der Waals surface area contributed by atoms with Gasteiger partial charge in [-0.05, 0) is 26.3 Å². The van der Waals surface area contributed by atoms with Gasteiger partial charge in [-0.3, -0.25) is 0 Å². The van der Waals surface area contributed by atoms with Crippen molar-refractivity contribution >= 4 is 11.6 Å². The Bertz CT molecular complexity index is 838. The highest BCUT2D eigenvalue weighted by molar-refractivity contribution is 5.92. The molecule has 112 valence electrons. The number of ether oxygens (including phenoxy) is 1. The van der Waals surface area contributed by atoms with E-state index >= 15 is 0 Å². The van der Waals surface area contributed by atoms with Gasteiger partial charge in [-0.2, -0.15) is 5.10 Å². The molecule has 0 atom stereocenters. The first-order valence-electron chi connectivity index (χ1n) is 7.21. The molecular formula is C17H17N3O2. The Hall–Kier alpha value is -2.69. The molecule has 5 heteroatoms. The number of hydrogen-bond donors (Lipinski definition) is 0. The summed E-state index contributed by atoms with van der Waals surface area (Å²) in [5, 5.41) is 4.39. The molecule has 0 saturated carbocycles. The van der Waals surface area contributed by atoms with Gasteiger partial charge >= 0.3 is 5.97 Å². The molecule has 0 radical (unpaired) electrons. The summed E-state index contributed by atoms with van der Waals surface area (Å²) in [4.78, 5) is 16.7. The van der Waals surface area contributed by atoms with Crippen LogP contribution < -0.4 is 0 Å². The van der Waals surface area contributed by atoms with Gasteiger partial charge in [0.25, 0.3) is 0 Å². The number of rotatable bonds is 3. The molecule has 5 nitrogen and oxygen atoms in total. The molecule has 2 heterocycles. The maximum atomic E-state index is 12.1. The van der Waals surface area contributed by atoms with Gasteiger partial charge in [-0.1, -0.05) is 30.3 Å². The second-order valence-corrected chi connectivity index (χ2v) is 5.04. The van der Waals surface area contributed by atoms with Gasteiger partial charge in [0.2, 0.25) is 0 Å². The van der Waals surface area contributed by atoms with E-state index in [4.69, 9.17) is 4.74 Å².